The zero-order chi connectivity index (χ0) is 18.5. The summed E-state index contributed by atoms with van der Waals surface area (Å²) in [5, 5.41) is 0.852. The Morgan fingerprint density at radius 3 is 2.50 bits per heavy atom. The summed E-state index contributed by atoms with van der Waals surface area (Å²) in [6.07, 6.45) is 1.66. The van der Waals surface area contributed by atoms with E-state index >= 15 is 0 Å². The van der Waals surface area contributed by atoms with Crippen LogP contribution in [0.3, 0.4) is 0 Å². The van der Waals surface area contributed by atoms with Crippen molar-refractivity contribution in [3.63, 3.8) is 0 Å². The molecule has 0 saturated heterocycles. The molecule has 3 aromatic rings. The largest absolute Gasteiger partial charge is 0.497 e. The molecule has 2 aromatic carbocycles. The molecule has 0 unspecified atom stereocenters. The van der Waals surface area contributed by atoms with Crippen LogP contribution in [0.1, 0.15) is 21.5 Å². The van der Waals surface area contributed by atoms with Gasteiger partial charge in [0.25, 0.3) is 0 Å². The van der Waals surface area contributed by atoms with E-state index in [1.165, 1.54) is 7.11 Å². The molecular formula is C20H18O6. The lowest BCUT2D eigenvalue weighted by atomic mass is 10.1. The van der Waals surface area contributed by atoms with Crippen LogP contribution in [-0.2, 0) is 27.3 Å². The maximum Gasteiger partial charge on any atom is 0.337 e. The fourth-order valence-electron chi connectivity index (χ4n) is 2.55. The average Bonchev–Trinajstić information content (AvgIpc) is 3.08. The van der Waals surface area contributed by atoms with Gasteiger partial charge in [0.15, 0.2) is 0 Å². The van der Waals surface area contributed by atoms with Crippen molar-refractivity contribution >= 4 is 22.9 Å². The third kappa shape index (κ3) is 3.85. The minimum Gasteiger partial charge on any atom is -0.497 e. The van der Waals surface area contributed by atoms with Crippen LogP contribution in [-0.4, -0.2) is 26.2 Å². The number of esters is 2. The summed E-state index contributed by atoms with van der Waals surface area (Å²) in [4.78, 5) is 23.5. The molecule has 0 fully saturated rings. The first kappa shape index (κ1) is 17.5. The Labute approximate surface area is 150 Å². The van der Waals surface area contributed by atoms with E-state index in [1.807, 2.05) is 12.1 Å². The number of carbonyl (C=O) groups is 2. The standard InChI is InChI=1S/C20H18O6/c1-23-16-7-8-17-15(12-25-18(17)10-16)9-19(21)26-11-13-3-5-14(6-4-13)20(22)24-2/h3-8,10,12H,9,11H2,1-2H3. The van der Waals surface area contributed by atoms with E-state index in [0.29, 0.717) is 16.9 Å². The Morgan fingerprint density at radius 2 is 1.81 bits per heavy atom. The van der Waals surface area contributed by atoms with Gasteiger partial charge in [0.05, 0.1) is 32.5 Å². The second-order valence-corrected chi connectivity index (χ2v) is 5.65. The van der Waals surface area contributed by atoms with Crippen molar-refractivity contribution in [1.82, 2.24) is 0 Å². The van der Waals surface area contributed by atoms with Crippen molar-refractivity contribution < 1.29 is 28.2 Å². The van der Waals surface area contributed by atoms with Gasteiger partial charge < -0.3 is 18.6 Å². The highest BCUT2D eigenvalue weighted by atomic mass is 16.5. The van der Waals surface area contributed by atoms with Gasteiger partial charge in [0.1, 0.15) is 17.9 Å². The monoisotopic (exact) mass is 354 g/mol. The summed E-state index contributed by atoms with van der Waals surface area (Å²) in [5.41, 5.74) is 2.65. The van der Waals surface area contributed by atoms with Crippen molar-refractivity contribution in [2.24, 2.45) is 0 Å². The first-order valence-electron chi connectivity index (χ1n) is 7.97. The summed E-state index contributed by atoms with van der Waals surface area (Å²) in [6.45, 7) is 0.129. The number of benzene rings is 2. The zero-order valence-electron chi connectivity index (χ0n) is 14.5. The van der Waals surface area contributed by atoms with Gasteiger partial charge in [0.2, 0.25) is 0 Å². The number of hydrogen-bond acceptors (Lipinski definition) is 6. The SMILES string of the molecule is COC(=O)c1ccc(COC(=O)Cc2coc3cc(OC)ccc23)cc1. The summed E-state index contributed by atoms with van der Waals surface area (Å²) < 4.78 is 20.6. The van der Waals surface area contributed by atoms with Crippen LogP contribution in [0.5, 0.6) is 5.75 Å². The fraction of sp³-hybridized carbons (Fsp3) is 0.200. The van der Waals surface area contributed by atoms with Crippen molar-refractivity contribution in [2.45, 2.75) is 13.0 Å². The summed E-state index contributed by atoms with van der Waals surface area (Å²) in [6, 6.07) is 12.1. The third-order valence-electron chi connectivity index (χ3n) is 3.97. The molecule has 0 bridgehead atoms. The Hall–Kier alpha value is -3.28. The molecule has 0 aliphatic rings. The molecule has 0 saturated carbocycles. The third-order valence-corrected chi connectivity index (χ3v) is 3.97. The molecular weight excluding hydrogens is 336 g/mol. The molecule has 1 heterocycles. The Kier molecular flexibility index (Phi) is 5.22. The molecule has 6 heteroatoms. The van der Waals surface area contributed by atoms with Crippen molar-refractivity contribution in [3.05, 3.63) is 65.4 Å². The Balaban J connectivity index is 1.60. The number of carbonyl (C=O) groups excluding carboxylic acids is 2. The summed E-state index contributed by atoms with van der Waals surface area (Å²) >= 11 is 0. The maximum absolute atomic E-state index is 12.1. The van der Waals surface area contributed by atoms with Crippen LogP contribution in [0.25, 0.3) is 11.0 Å². The minimum absolute atomic E-state index is 0.111. The topological polar surface area (TPSA) is 75.0 Å². The molecule has 1 aromatic heterocycles. The molecule has 0 radical (unpaired) electrons. The smallest absolute Gasteiger partial charge is 0.337 e. The molecule has 0 spiro atoms. The van der Waals surface area contributed by atoms with Crippen LogP contribution in [0, 0.1) is 0 Å². The van der Waals surface area contributed by atoms with E-state index in [0.717, 1.165) is 16.5 Å². The second-order valence-electron chi connectivity index (χ2n) is 5.65. The molecule has 0 aliphatic heterocycles. The Bertz CT molecular complexity index is 923. The van der Waals surface area contributed by atoms with Crippen LogP contribution in [0.4, 0.5) is 0 Å². The van der Waals surface area contributed by atoms with Crippen LogP contribution >= 0.6 is 0 Å². The number of furan rings is 1. The van der Waals surface area contributed by atoms with Gasteiger partial charge >= 0.3 is 11.9 Å². The number of fused-ring (bicyclic) bond motifs is 1. The number of hydrogen-bond donors (Lipinski definition) is 0. The van der Waals surface area contributed by atoms with Crippen LogP contribution in [0.2, 0.25) is 0 Å². The lowest BCUT2D eigenvalue weighted by molar-refractivity contribution is -0.144. The molecule has 0 atom stereocenters. The van der Waals surface area contributed by atoms with Gasteiger partial charge in [-0.25, -0.2) is 4.79 Å². The van der Waals surface area contributed by atoms with Crippen LogP contribution in [0.15, 0.2) is 53.1 Å². The van der Waals surface area contributed by atoms with Gasteiger partial charge in [-0.3, -0.25) is 4.79 Å². The van der Waals surface area contributed by atoms with Gasteiger partial charge in [-0.15, -0.1) is 0 Å². The van der Waals surface area contributed by atoms with Gasteiger partial charge in [-0.2, -0.15) is 0 Å². The van der Waals surface area contributed by atoms with E-state index in [9.17, 15) is 9.59 Å². The molecule has 26 heavy (non-hydrogen) atoms. The first-order chi connectivity index (χ1) is 12.6. The van der Waals surface area contributed by atoms with Crippen molar-refractivity contribution in [3.8, 4) is 5.75 Å². The molecule has 134 valence electrons. The molecule has 3 rings (SSSR count). The van der Waals surface area contributed by atoms with E-state index in [2.05, 4.69) is 4.74 Å². The number of ether oxygens (including phenoxy) is 3. The van der Waals surface area contributed by atoms with Gasteiger partial charge in [0, 0.05) is 17.0 Å². The number of rotatable bonds is 6. The van der Waals surface area contributed by atoms with E-state index in [1.54, 1.807) is 43.7 Å². The Morgan fingerprint density at radius 1 is 1.04 bits per heavy atom. The lowest BCUT2D eigenvalue weighted by Crippen LogP contribution is -2.08. The summed E-state index contributed by atoms with van der Waals surface area (Å²) in [5.74, 6) is -0.0750. The maximum atomic E-state index is 12.1. The lowest BCUT2D eigenvalue weighted by Gasteiger charge is -2.05. The predicted octanol–water partition coefficient (Wildman–Crippen LogP) is 3.51. The minimum atomic E-state index is -0.406. The van der Waals surface area contributed by atoms with Crippen molar-refractivity contribution in [2.75, 3.05) is 14.2 Å². The first-order valence-corrected chi connectivity index (χ1v) is 7.97. The normalized spacial score (nSPS) is 10.5. The molecule has 0 N–H and O–H groups in total. The van der Waals surface area contributed by atoms with Gasteiger partial charge in [-0.1, -0.05) is 12.1 Å². The zero-order valence-corrected chi connectivity index (χ0v) is 14.5. The number of methoxy groups -OCH3 is 2. The van der Waals surface area contributed by atoms with E-state index in [4.69, 9.17) is 13.9 Å². The predicted molar refractivity (Wildman–Crippen MR) is 94.0 cm³/mol. The highest BCUT2D eigenvalue weighted by molar-refractivity contribution is 5.89. The van der Waals surface area contributed by atoms with Gasteiger partial charge in [-0.05, 0) is 29.8 Å². The average molecular weight is 354 g/mol. The highest BCUT2D eigenvalue weighted by Gasteiger charge is 2.12. The quantitative estimate of drug-likeness (QED) is 0.631. The summed E-state index contributed by atoms with van der Waals surface area (Å²) in [7, 11) is 2.91. The second kappa shape index (κ2) is 7.74. The fourth-order valence-corrected chi connectivity index (χ4v) is 2.55. The van der Waals surface area contributed by atoms with Crippen molar-refractivity contribution in [1.29, 1.82) is 0 Å². The highest BCUT2D eigenvalue weighted by Crippen LogP contribution is 2.26. The van der Waals surface area contributed by atoms with E-state index < -0.39 is 5.97 Å². The van der Waals surface area contributed by atoms with E-state index in [-0.39, 0.29) is 19.0 Å². The molecule has 6 nitrogen and oxygen atoms in total. The molecule has 0 amide bonds. The van der Waals surface area contributed by atoms with Crippen LogP contribution < -0.4 is 4.74 Å². The molecule has 0 aliphatic carbocycles.